The third-order valence-corrected chi connectivity index (χ3v) is 4.68. The predicted octanol–water partition coefficient (Wildman–Crippen LogP) is 3.44. The van der Waals surface area contributed by atoms with E-state index in [0.717, 1.165) is 31.9 Å². The number of hydrogen-bond donors (Lipinski definition) is 1. The van der Waals surface area contributed by atoms with Crippen molar-refractivity contribution in [2.45, 2.75) is 26.5 Å². The molecule has 0 bridgehead atoms. The monoisotopic (exact) mass is 310 g/mol. The molecule has 1 aliphatic rings. The van der Waals surface area contributed by atoms with Crippen molar-refractivity contribution < 1.29 is 4.74 Å². The van der Waals surface area contributed by atoms with Crippen molar-refractivity contribution in [2.75, 3.05) is 19.6 Å². The maximum atomic E-state index is 5.92. The molecule has 1 saturated heterocycles. The van der Waals surface area contributed by atoms with Gasteiger partial charge in [-0.1, -0.05) is 49.4 Å². The lowest BCUT2D eigenvalue weighted by atomic mass is 9.90. The molecule has 23 heavy (non-hydrogen) atoms. The lowest BCUT2D eigenvalue weighted by molar-refractivity contribution is 0.273. The molecule has 1 atom stereocenters. The van der Waals surface area contributed by atoms with Gasteiger partial charge in [-0.3, -0.25) is 4.90 Å². The van der Waals surface area contributed by atoms with Gasteiger partial charge in [-0.05, 0) is 48.2 Å². The van der Waals surface area contributed by atoms with Crippen molar-refractivity contribution in [3.8, 4) is 5.75 Å². The lowest BCUT2D eigenvalue weighted by Crippen LogP contribution is -2.31. The second-order valence-corrected chi connectivity index (χ2v) is 6.90. The lowest BCUT2D eigenvalue weighted by Gasteiger charge is -2.22. The van der Waals surface area contributed by atoms with Crippen molar-refractivity contribution in [1.29, 1.82) is 0 Å². The number of hydrogen-bond acceptors (Lipinski definition) is 3. The van der Waals surface area contributed by atoms with Crippen LogP contribution in [0.1, 0.15) is 24.5 Å². The fourth-order valence-electron chi connectivity index (χ4n) is 3.16. The van der Waals surface area contributed by atoms with Crippen molar-refractivity contribution >= 4 is 0 Å². The van der Waals surface area contributed by atoms with Crippen molar-refractivity contribution in [1.82, 2.24) is 4.90 Å². The van der Waals surface area contributed by atoms with Crippen molar-refractivity contribution in [3.05, 3.63) is 65.7 Å². The van der Waals surface area contributed by atoms with Crippen LogP contribution < -0.4 is 10.5 Å². The molecule has 1 heterocycles. The molecule has 0 radical (unpaired) electrons. The Kier molecular flexibility index (Phi) is 4.99. The Bertz CT molecular complexity index is 629. The fraction of sp³-hybridized carbons (Fsp3) is 0.400. The molecule has 1 unspecified atom stereocenters. The van der Waals surface area contributed by atoms with Gasteiger partial charge in [0.05, 0.1) is 0 Å². The van der Waals surface area contributed by atoms with Gasteiger partial charge in [-0.15, -0.1) is 0 Å². The van der Waals surface area contributed by atoms with E-state index >= 15 is 0 Å². The Balaban J connectivity index is 1.57. The Morgan fingerprint density at radius 1 is 1.09 bits per heavy atom. The summed E-state index contributed by atoms with van der Waals surface area (Å²) in [6, 6.07) is 18.7. The van der Waals surface area contributed by atoms with Crippen LogP contribution in [0.25, 0.3) is 0 Å². The number of ether oxygens (including phenoxy) is 1. The summed E-state index contributed by atoms with van der Waals surface area (Å²) in [6.07, 6.45) is 1.19. The number of nitrogens with two attached hydrogens (primary N) is 1. The molecule has 0 spiro atoms. The minimum Gasteiger partial charge on any atom is -0.489 e. The minimum atomic E-state index is 0.279. The zero-order valence-electron chi connectivity index (χ0n) is 13.9. The molecule has 3 heteroatoms. The highest BCUT2D eigenvalue weighted by atomic mass is 16.5. The van der Waals surface area contributed by atoms with Gasteiger partial charge in [0.25, 0.3) is 0 Å². The highest BCUT2D eigenvalue weighted by Gasteiger charge is 2.32. The standard InChI is InChI=1S/C20H26N2O/c1-20(15-21)10-11-22(16-20)13-18-8-5-9-19(12-18)23-14-17-6-3-2-4-7-17/h2-9,12H,10-11,13-16,21H2,1H3. The maximum Gasteiger partial charge on any atom is 0.120 e. The third-order valence-electron chi connectivity index (χ3n) is 4.68. The molecule has 122 valence electrons. The molecular formula is C20H26N2O. The molecule has 1 fully saturated rings. The van der Waals surface area contributed by atoms with Gasteiger partial charge in [0.1, 0.15) is 12.4 Å². The second-order valence-electron chi connectivity index (χ2n) is 6.90. The van der Waals surface area contributed by atoms with Crippen LogP contribution in [0.3, 0.4) is 0 Å². The molecule has 0 saturated carbocycles. The van der Waals surface area contributed by atoms with Crippen molar-refractivity contribution in [2.24, 2.45) is 11.1 Å². The van der Waals surface area contributed by atoms with E-state index in [-0.39, 0.29) is 5.41 Å². The van der Waals surface area contributed by atoms with E-state index in [4.69, 9.17) is 10.5 Å². The molecular weight excluding hydrogens is 284 g/mol. The highest BCUT2D eigenvalue weighted by Crippen LogP contribution is 2.29. The first kappa shape index (κ1) is 16.0. The first-order chi connectivity index (χ1) is 11.2. The van der Waals surface area contributed by atoms with E-state index in [1.807, 2.05) is 24.3 Å². The Morgan fingerprint density at radius 2 is 1.87 bits per heavy atom. The summed E-state index contributed by atoms with van der Waals surface area (Å²) in [5.74, 6) is 0.937. The third kappa shape index (κ3) is 4.34. The highest BCUT2D eigenvalue weighted by molar-refractivity contribution is 5.29. The maximum absolute atomic E-state index is 5.92. The van der Waals surface area contributed by atoms with Gasteiger partial charge in [0.15, 0.2) is 0 Å². The van der Waals surface area contributed by atoms with Crippen LogP contribution >= 0.6 is 0 Å². The predicted molar refractivity (Wildman–Crippen MR) is 94.3 cm³/mol. The quantitative estimate of drug-likeness (QED) is 0.888. The van der Waals surface area contributed by atoms with E-state index < -0.39 is 0 Å². The van der Waals surface area contributed by atoms with E-state index in [9.17, 15) is 0 Å². The van der Waals surface area contributed by atoms with E-state index in [1.165, 1.54) is 17.5 Å². The van der Waals surface area contributed by atoms with Crippen LogP contribution in [0, 0.1) is 5.41 Å². The minimum absolute atomic E-state index is 0.279. The summed E-state index contributed by atoms with van der Waals surface area (Å²) in [7, 11) is 0. The summed E-state index contributed by atoms with van der Waals surface area (Å²) in [5.41, 5.74) is 8.67. The molecule has 2 aromatic rings. The second kappa shape index (κ2) is 7.16. The van der Waals surface area contributed by atoms with Gasteiger partial charge in [0.2, 0.25) is 0 Å². The fourth-order valence-corrected chi connectivity index (χ4v) is 3.16. The van der Waals surface area contributed by atoms with E-state index in [0.29, 0.717) is 6.61 Å². The Labute approximate surface area is 139 Å². The van der Waals surface area contributed by atoms with Crippen LogP contribution in [-0.4, -0.2) is 24.5 Å². The number of likely N-dealkylation sites (tertiary alicyclic amines) is 1. The number of rotatable bonds is 6. The summed E-state index contributed by atoms with van der Waals surface area (Å²) >= 11 is 0. The molecule has 2 N–H and O–H groups in total. The first-order valence-electron chi connectivity index (χ1n) is 8.35. The molecule has 1 aliphatic heterocycles. The van der Waals surface area contributed by atoms with E-state index in [1.54, 1.807) is 0 Å². The molecule has 3 rings (SSSR count). The SMILES string of the molecule is CC1(CN)CCN(Cc2cccc(OCc3ccccc3)c2)C1. The summed E-state index contributed by atoms with van der Waals surface area (Å²) in [6.45, 7) is 6.84. The molecule has 0 aliphatic carbocycles. The molecule has 0 amide bonds. The van der Waals surface area contributed by atoms with Crippen LogP contribution in [0.2, 0.25) is 0 Å². The van der Waals surface area contributed by atoms with Crippen LogP contribution in [0.5, 0.6) is 5.75 Å². The zero-order chi connectivity index (χ0) is 16.1. The average molecular weight is 310 g/mol. The Hall–Kier alpha value is -1.84. The summed E-state index contributed by atoms with van der Waals surface area (Å²) < 4.78 is 5.92. The number of benzene rings is 2. The molecule has 2 aromatic carbocycles. The molecule has 3 nitrogen and oxygen atoms in total. The van der Waals surface area contributed by atoms with Crippen molar-refractivity contribution in [3.63, 3.8) is 0 Å². The smallest absolute Gasteiger partial charge is 0.120 e. The largest absolute Gasteiger partial charge is 0.489 e. The zero-order valence-corrected chi connectivity index (χ0v) is 13.9. The Morgan fingerprint density at radius 3 is 2.61 bits per heavy atom. The van der Waals surface area contributed by atoms with Crippen LogP contribution in [0.4, 0.5) is 0 Å². The van der Waals surface area contributed by atoms with Gasteiger partial charge in [-0.2, -0.15) is 0 Å². The first-order valence-corrected chi connectivity index (χ1v) is 8.35. The summed E-state index contributed by atoms with van der Waals surface area (Å²) in [5, 5.41) is 0. The molecule has 0 aromatic heterocycles. The van der Waals surface area contributed by atoms with Gasteiger partial charge < -0.3 is 10.5 Å². The normalized spacial score (nSPS) is 21.5. The van der Waals surface area contributed by atoms with Gasteiger partial charge in [0, 0.05) is 13.1 Å². The van der Waals surface area contributed by atoms with Gasteiger partial charge >= 0.3 is 0 Å². The average Bonchev–Trinajstić information content (AvgIpc) is 2.96. The topological polar surface area (TPSA) is 38.5 Å². The number of nitrogens with zero attached hydrogens (tertiary/aromatic N) is 1. The van der Waals surface area contributed by atoms with Crippen LogP contribution in [-0.2, 0) is 13.2 Å². The summed E-state index contributed by atoms with van der Waals surface area (Å²) in [4.78, 5) is 2.49. The van der Waals surface area contributed by atoms with Crippen LogP contribution in [0.15, 0.2) is 54.6 Å². The van der Waals surface area contributed by atoms with E-state index in [2.05, 4.69) is 42.2 Å². The van der Waals surface area contributed by atoms with Gasteiger partial charge in [-0.25, -0.2) is 0 Å².